The van der Waals surface area contributed by atoms with E-state index >= 15 is 0 Å². The molecule has 4 heteroatoms. The highest BCUT2D eigenvalue weighted by Crippen LogP contribution is 2.15. The van der Waals surface area contributed by atoms with Crippen molar-refractivity contribution in [2.24, 2.45) is 5.73 Å². The monoisotopic (exact) mass is 199 g/mol. The third-order valence-corrected chi connectivity index (χ3v) is 2.01. The summed E-state index contributed by atoms with van der Waals surface area (Å²) >= 11 is 0. The van der Waals surface area contributed by atoms with Crippen molar-refractivity contribution in [2.75, 3.05) is 13.7 Å². The van der Waals surface area contributed by atoms with Gasteiger partial charge in [-0.15, -0.1) is 0 Å². The van der Waals surface area contributed by atoms with E-state index in [-0.39, 0.29) is 18.2 Å². The summed E-state index contributed by atoms with van der Waals surface area (Å²) in [4.78, 5) is 0. The summed E-state index contributed by atoms with van der Waals surface area (Å²) in [5.74, 6) is -0.416. The fraction of sp³-hybridized carbons (Fsp3) is 0.400. The van der Waals surface area contributed by atoms with Crippen LogP contribution < -0.4 is 5.73 Å². The average molecular weight is 199 g/mol. The molecule has 0 aromatic heterocycles. The molecular formula is C10H14FNO2. The lowest BCUT2D eigenvalue weighted by Crippen LogP contribution is -2.16. The number of aliphatic hydroxyl groups excluding tert-OH is 1. The standard InChI is InChI=1S/C10H14FNO2/c1-14-6-10(12)7-2-3-9(11)8(4-7)5-13/h2-4,10,13H,5-6,12H2,1H3/t10-/m0/s1. The molecular weight excluding hydrogens is 185 g/mol. The zero-order valence-electron chi connectivity index (χ0n) is 8.03. The second-order valence-electron chi connectivity index (χ2n) is 3.07. The number of aliphatic hydroxyl groups is 1. The number of hydrogen-bond donors (Lipinski definition) is 2. The van der Waals surface area contributed by atoms with Crippen molar-refractivity contribution in [1.29, 1.82) is 0 Å². The van der Waals surface area contributed by atoms with Gasteiger partial charge in [-0.2, -0.15) is 0 Å². The van der Waals surface area contributed by atoms with E-state index in [9.17, 15) is 4.39 Å². The third-order valence-electron chi connectivity index (χ3n) is 2.01. The van der Waals surface area contributed by atoms with Crippen LogP contribution in [-0.2, 0) is 11.3 Å². The first kappa shape index (κ1) is 11.1. The van der Waals surface area contributed by atoms with Crippen LogP contribution in [0.4, 0.5) is 4.39 Å². The van der Waals surface area contributed by atoms with Crippen molar-refractivity contribution in [2.45, 2.75) is 12.6 Å². The van der Waals surface area contributed by atoms with E-state index in [0.29, 0.717) is 6.61 Å². The molecule has 0 radical (unpaired) electrons. The molecule has 3 nitrogen and oxygen atoms in total. The van der Waals surface area contributed by atoms with Crippen molar-refractivity contribution >= 4 is 0 Å². The zero-order valence-corrected chi connectivity index (χ0v) is 8.03. The van der Waals surface area contributed by atoms with E-state index in [1.165, 1.54) is 6.07 Å². The highest BCUT2D eigenvalue weighted by atomic mass is 19.1. The largest absolute Gasteiger partial charge is 0.392 e. The number of hydrogen-bond acceptors (Lipinski definition) is 3. The van der Waals surface area contributed by atoms with Crippen LogP contribution in [0.2, 0.25) is 0 Å². The van der Waals surface area contributed by atoms with Crippen LogP contribution >= 0.6 is 0 Å². The lowest BCUT2D eigenvalue weighted by molar-refractivity contribution is 0.180. The molecule has 1 aromatic rings. The van der Waals surface area contributed by atoms with Gasteiger partial charge in [-0.05, 0) is 17.7 Å². The molecule has 0 unspecified atom stereocenters. The minimum absolute atomic E-state index is 0.258. The fourth-order valence-electron chi connectivity index (χ4n) is 1.22. The van der Waals surface area contributed by atoms with E-state index in [1.807, 2.05) is 0 Å². The molecule has 3 N–H and O–H groups in total. The molecule has 0 heterocycles. The smallest absolute Gasteiger partial charge is 0.128 e. The molecule has 0 aliphatic rings. The summed E-state index contributed by atoms with van der Waals surface area (Å²) in [5.41, 5.74) is 6.77. The summed E-state index contributed by atoms with van der Waals surface area (Å²) < 4.78 is 17.9. The highest BCUT2D eigenvalue weighted by Gasteiger charge is 2.08. The molecule has 0 bridgehead atoms. The fourth-order valence-corrected chi connectivity index (χ4v) is 1.22. The Morgan fingerprint density at radius 1 is 1.57 bits per heavy atom. The third kappa shape index (κ3) is 2.51. The number of benzene rings is 1. The molecule has 1 aromatic carbocycles. The first-order chi connectivity index (χ1) is 6.69. The summed E-state index contributed by atoms with van der Waals surface area (Å²) in [6.45, 7) is 0.0515. The van der Waals surface area contributed by atoms with Gasteiger partial charge in [0.05, 0.1) is 19.3 Å². The van der Waals surface area contributed by atoms with Gasteiger partial charge in [0.15, 0.2) is 0 Å². The van der Waals surface area contributed by atoms with Crippen molar-refractivity contribution in [1.82, 2.24) is 0 Å². The first-order valence-electron chi connectivity index (χ1n) is 4.32. The molecule has 0 saturated carbocycles. The van der Waals surface area contributed by atoms with E-state index in [4.69, 9.17) is 15.6 Å². The maximum Gasteiger partial charge on any atom is 0.128 e. The molecule has 14 heavy (non-hydrogen) atoms. The Labute approximate surface area is 82.3 Å². The van der Waals surface area contributed by atoms with Crippen LogP contribution in [0.25, 0.3) is 0 Å². The molecule has 0 spiro atoms. The van der Waals surface area contributed by atoms with Gasteiger partial charge in [0, 0.05) is 12.7 Å². The molecule has 1 atom stereocenters. The van der Waals surface area contributed by atoms with Gasteiger partial charge in [-0.3, -0.25) is 0 Å². The number of halogens is 1. The van der Waals surface area contributed by atoms with Crippen molar-refractivity contribution in [3.63, 3.8) is 0 Å². The van der Waals surface area contributed by atoms with E-state index in [2.05, 4.69) is 0 Å². The number of methoxy groups -OCH3 is 1. The lowest BCUT2D eigenvalue weighted by Gasteiger charge is -2.11. The van der Waals surface area contributed by atoms with Gasteiger partial charge >= 0.3 is 0 Å². The number of rotatable bonds is 4. The predicted molar refractivity (Wildman–Crippen MR) is 51.1 cm³/mol. The van der Waals surface area contributed by atoms with Crippen molar-refractivity contribution in [3.8, 4) is 0 Å². The van der Waals surface area contributed by atoms with Gasteiger partial charge in [-0.1, -0.05) is 6.07 Å². The van der Waals surface area contributed by atoms with E-state index in [0.717, 1.165) is 5.56 Å². The SMILES string of the molecule is COC[C@H](N)c1ccc(F)c(CO)c1. The molecule has 78 valence electrons. The molecule has 0 amide bonds. The topological polar surface area (TPSA) is 55.5 Å². The Hall–Kier alpha value is -0.970. The molecule has 0 saturated heterocycles. The van der Waals surface area contributed by atoms with Crippen LogP contribution in [-0.4, -0.2) is 18.8 Å². The van der Waals surface area contributed by atoms with Crippen molar-refractivity contribution < 1.29 is 14.2 Å². The second-order valence-corrected chi connectivity index (χ2v) is 3.07. The summed E-state index contributed by atoms with van der Waals surface area (Å²) in [5, 5.41) is 8.84. The summed E-state index contributed by atoms with van der Waals surface area (Å²) in [6, 6.07) is 4.17. The van der Waals surface area contributed by atoms with Gasteiger partial charge in [0.1, 0.15) is 5.82 Å². The van der Waals surface area contributed by atoms with Gasteiger partial charge < -0.3 is 15.6 Å². The van der Waals surface area contributed by atoms with Gasteiger partial charge in [0.25, 0.3) is 0 Å². The maximum absolute atomic E-state index is 13.0. The van der Waals surface area contributed by atoms with E-state index in [1.54, 1.807) is 19.2 Å². The minimum Gasteiger partial charge on any atom is -0.392 e. The normalized spacial score (nSPS) is 12.9. The van der Waals surface area contributed by atoms with Gasteiger partial charge in [-0.25, -0.2) is 4.39 Å². The Morgan fingerprint density at radius 2 is 2.29 bits per heavy atom. The highest BCUT2D eigenvalue weighted by molar-refractivity contribution is 5.26. The van der Waals surface area contributed by atoms with Crippen LogP contribution in [0.5, 0.6) is 0 Å². The summed E-state index contributed by atoms with van der Waals surface area (Å²) in [6.07, 6.45) is 0. The predicted octanol–water partition coefficient (Wildman–Crippen LogP) is 0.964. The quantitative estimate of drug-likeness (QED) is 0.759. The van der Waals surface area contributed by atoms with Crippen LogP contribution in [0.15, 0.2) is 18.2 Å². The Morgan fingerprint density at radius 3 is 2.86 bits per heavy atom. The number of ether oxygens (including phenoxy) is 1. The average Bonchev–Trinajstić information content (AvgIpc) is 2.19. The molecule has 0 fully saturated rings. The van der Waals surface area contributed by atoms with Crippen LogP contribution in [0, 0.1) is 5.82 Å². The maximum atomic E-state index is 13.0. The minimum atomic E-state index is -0.416. The van der Waals surface area contributed by atoms with E-state index < -0.39 is 5.82 Å². The molecule has 0 aliphatic carbocycles. The Bertz CT molecular complexity index is 304. The second kappa shape index (κ2) is 5.05. The van der Waals surface area contributed by atoms with Crippen LogP contribution in [0.3, 0.4) is 0 Å². The Kier molecular flexibility index (Phi) is 4.00. The Balaban J connectivity index is 2.88. The zero-order chi connectivity index (χ0) is 10.6. The lowest BCUT2D eigenvalue weighted by atomic mass is 10.1. The molecule has 0 aliphatic heterocycles. The van der Waals surface area contributed by atoms with Crippen molar-refractivity contribution in [3.05, 3.63) is 35.1 Å². The number of nitrogens with two attached hydrogens (primary N) is 1. The molecule has 1 rings (SSSR count). The summed E-state index contributed by atoms with van der Waals surface area (Å²) in [7, 11) is 1.55. The first-order valence-corrected chi connectivity index (χ1v) is 4.32. The van der Waals surface area contributed by atoms with Gasteiger partial charge in [0.2, 0.25) is 0 Å². The van der Waals surface area contributed by atoms with Crippen LogP contribution in [0.1, 0.15) is 17.2 Å².